The summed E-state index contributed by atoms with van der Waals surface area (Å²) in [6.07, 6.45) is 5.82. The Bertz CT molecular complexity index is 970. The van der Waals surface area contributed by atoms with Crippen molar-refractivity contribution in [2.45, 2.75) is 67.5 Å². The molecule has 2 aromatic rings. The van der Waals surface area contributed by atoms with Crippen LogP contribution in [0, 0.1) is 5.92 Å². The fourth-order valence-electron chi connectivity index (χ4n) is 4.92. The zero-order valence-electron chi connectivity index (χ0n) is 20.1. The highest BCUT2D eigenvalue weighted by atomic mass is 32.2. The van der Waals surface area contributed by atoms with E-state index in [9.17, 15) is 9.59 Å². The van der Waals surface area contributed by atoms with E-state index in [1.54, 1.807) is 11.8 Å². The van der Waals surface area contributed by atoms with Gasteiger partial charge in [0.25, 0.3) is 0 Å². The molecule has 1 aromatic heterocycles. The molecule has 2 atom stereocenters. The highest BCUT2D eigenvalue weighted by Crippen LogP contribution is 2.45. The van der Waals surface area contributed by atoms with Crippen molar-refractivity contribution in [3.8, 4) is 5.75 Å². The molecule has 0 bridgehead atoms. The second-order valence-electron chi connectivity index (χ2n) is 9.44. The molecule has 0 radical (unpaired) electrons. The molecule has 0 spiro atoms. The SMILES string of the molecule is COc1ccc(CCC2(C3CCCC3)CC(=O)C(Sc3nnnn3CCN(C)C)C(=O)O2)cc1. The summed E-state index contributed by atoms with van der Waals surface area (Å²) in [6.45, 7) is 1.32. The number of hydrogen-bond donors (Lipinski definition) is 0. The van der Waals surface area contributed by atoms with Crippen LogP contribution in [0.1, 0.15) is 44.1 Å². The number of cyclic esters (lactones) is 1. The summed E-state index contributed by atoms with van der Waals surface area (Å²) < 4.78 is 13.1. The fourth-order valence-corrected chi connectivity index (χ4v) is 5.82. The predicted octanol–water partition coefficient (Wildman–Crippen LogP) is 2.78. The van der Waals surface area contributed by atoms with Gasteiger partial charge in [-0.25, -0.2) is 4.68 Å². The maximum atomic E-state index is 13.4. The van der Waals surface area contributed by atoms with Crippen molar-refractivity contribution in [1.82, 2.24) is 25.1 Å². The number of benzene rings is 1. The number of rotatable bonds is 10. The van der Waals surface area contributed by atoms with E-state index in [1.165, 1.54) is 0 Å². The summed E-state index contributed by atoms with van der Waals surface area (Å²) in [7, 11) is 5.58. The van der Waals surface area contributed by atoms with E-state index in [-0.39, 0.29) is 18.1 Å². The van der Waals surface area contributed by atoms with Gasteiger partial charge in [0.1, 0.15) is 11.4 Å². The summed E-state index contributed by atoms with van der Waals surface area (Å²) in [4.78, 5) is 28.6. The monoisotopic (exact) mass is 487 g/mol. The molecule has 1 aliphatic carbocycles. The van der Waals surface area contributed by atoms with Crippen LogP contribution in [0.4, 0.5) is 0 Å². The number of aryl methyl sites for hydroxylation is 1. The van der Waals surface area contributed by atoms with Crippen LogP contribution in [0.15, 0.2) is 29.4 Å². The van der Waals surface area contributed by atoms with Crippen LogP contribution in [0.25, 0.3) is 0 Å². The van der Waals surface area contributed by atoms with Gasteiger partial charge in [0.2, 0.25) is 5.16 Å². The van der Waals surface area contributed by atoms with Gasteiger partial charge in [-0.05, 0) is 73.8 Å². The van der Waals surface area contributed by atoms with E-state index in [0.29, 0.717) is 18.1 Å². The standard InChI is InChI=1S/C24H33N5O4S/c1-28(2)14-15-29-23(25-26-27-29)34-21-20(30)16-24(33-22(21)31,18-6-4-5-7-18)13-12-17-8-10-19(32-3)11-9-17/h8-11,18,21H,4-7,12-16H2,1-3H3. The molecule has 9 nitrogen and oxygen atoms in total. The zero-order chi connectivity index (χ0) is 24.1. The van der Waals surface area contributed by atoms with Crippen molar-refractivity contribution in [3.05, 3.63) is 29.8 Å². The van der Waals surface area contributed by atoms with Gasteiger partial charge in [-0.1, -0.05) is 36.7 Å². The van der Waals surface area contributed by atoms with Crippen molar-refractivity contribution in [1.29, 1.82) is 0 Å². The number of Topliss-reactive ketones (excluding diaryl/α,β-unsaturated/α-hetero) is 1. The van der Waals surface area contributed by atoms with E-state index >= 15 is 0 Å². The first-order valence-corrected chi connectivity index (χ1v) is 12.7. The molecule has 10 heteroatoms. The molecular weight excluding hydrogens is 454 g/mol. The Labute approximate surface area is 204 Å². The summed E-state index contributed by atoms with van der Waals surface area (Å²) in [5.74, 6) is 0.464. The minimum Gasteiger partial charge on any atom is -0.497 e. The molecule has 2 heterocycles. The maximum Gasteiger partial charge on any atom is 0.327 e. The van der Waals surface area contributed by atoms with Gasteiger partial charge < -0.3 is 14.4 Å². The molecule has 1 saturated heterocycles. The predicted molar refractivity (Wildman–Crippen MR) is 128 cm³/mol. The first-order valence-electron chi connectivity index (χ1n) is 11.9. The minimum absolute atomic E-state index is 0.0926. The molecular formula is C24H33N5O4S. The Morgan fingerprint density at radius 2 is 1.94 bits per heavy atom. The second-order valence-corrected chi connectivity index (χ2v) is 10.5. The van der Waals surface area contributed by atoms with Gasteiger partial charge in [0.15, 0.2) is 11.0 Å². The average molecular weight is 488 g/mol. The van der Waals surface area contributed by atoms with Crippen LogP contribution >= 0.6 is 11.8 Å². The largest absolute Gasteiger partial charge is 0.497 e. The maximum absolute atomic E-state index is 13.4. The Morgan fingerprint density at radius 3 is 2.59 bits per heavy atom. The van der Waals surface area contributed by atoms with E-state index in [2.05, 4.69) is 15.5 Å². The Morgan fingerprint density at radius 1 is 1.21 bits per heavy atom. The molecule has 34 heavy (non-hydrogen) atoms. The van der Waals surface area contributed by atoms with Crippen LogP contribution < -0.4 is 4.74 Å². The van der Waals surface area contributed by atoms with Crippen LogP contribution in [-0.2, 0) is 27.3 Å². The summed E-state index contributed by atoms with van der Waals surface area (Å²) in [5, 5.41) is 11.3. The summed E-state index contributed by atoms with van der Waals surface area (Å²) in [6, 6.07) is 7.92. The highest BCUT2D eigenvalue weighted by molar-refractivity contribution is 8.01. The summed E-state index contributed by atoms with van der Waals surface area (Å²) >= 11 is 1.10. The zero-order valence-corrected chi connectivity index (χ0v) is 20.9. The number of hydrogen-bond acceptors (Lipinski definition) is 9. The lowest BCUT2D eigenvalue weighted by Gasteiger charge is -2.42. The molecule has 2 aliphatic rings. The lowest BCUT2D eigenvalue weighted by molar-refractivity contribution is -0.177. The molecule has 0 N–H and O–H groups in total. The molecule has 1 aromatic carbocycles. The number of esters is 1. The van der Waals surface area contributed by atoms with Crippen molar-refractivity contribution in [2.75, 3.05) is 27.7 Å². The Hall–Kier alpha value is -2.46. The number of aromatic nitrogens is 4. The molecule has 2 fully saturated rings. The number of thioether (sulfide) groups is 1. The van der Waals surface area contributed by atoms with Crippen LogP contribution in [0.3, 0.4) is 0 Å². The number of ether oxygens (including phenoxy) is 2. The third-order valence-electron chi connectivity index (χ3n) is 6.86. The third kappa shape index (κ3) is 5.60. The number of carbonyl (C=O) groups excluding carboxylic acids is 2. The molecule has 0 amide bonds. The van der Waals surface area contributed by atoms with Crippen LogP contribution in [-0.4, -0.2) is 75.5 Å². The topological polar surface area (TPSA) is 99.4 Å². The minimum atomic E-state index is -0.931. The van der Waals surface area contributed by atoms with Gasteiger partial charge in [-0.2, -0.15) is 0 Å². The van der Waals surface area contributed by atoms with Gasteiger partial charge in [0, 0.05) is 13.0 Å². The van der Waals surface area contributed by atoms with Crippen molar-refractivity contribution < 1.29 is 19.1 Å². The Kier molecular flexibility index (Phi) is 7.88. The highest BCUT2D eigenvalue weighted by Gasteiger charge is 2.52. The molecule has 4 rings (SSSR count). The Balaban J connectivity index is 1.47. The van der Waals surface area contributed by atoms with Crippen molar-refractivity contribution in [3.63, 3.8) is 0 Å². The number of nitrogens with zero attached hydrogens (tertiary/aromatic N) is 5. The molecule has 1 saturated carbocycles. The second kappa shape index (κ2) is 10.9. The smallest absolute Gasteiger partial charge is 0.327 e. The number of likely N-dealkylation sites (N-methyl/N-ethyl adjacent to an activating group) is 1. The van der Waals surface area contributed by atoms with Crippen molar-refractivity contribution >= 4 is 23.5 Å². The normalized spacial score (nSPS) is 23.5. The lowest BCUT2D eigenvalue weighted by atomic mass is 9.76. The van der Waals surface area contributed by atoms with Crippen molar-refractivity contribution in [2.24, 2.45) is 5.92 Å². The average Bonchev–Trinajstić information content (AvgIpc) is 3.52. The van der Waals surface area contributed by atoms with Crippen LogP contribution in [0.2, 0.25) is 0 Å². The van der Waals surface area contributed by atoms with Gasteiger partial charge in [-0.3, -0.25) is 9.59 Å². The van der Waals surface area contributed by atoms with E-state index in [4.69, 9.17) is 9.47 Å². The quantitative estimate of drug-likeness (QED) is 0.370. The first kappa shape index (κ1) is 24.7. The first-order chi connectivity index (χ1) is 16.4. The van der Waals surface area contributed by atoms with Gasteiger partial charge in [-0.15, -0.1) is 5.10 Å². The molecule has 184 valence electrons. The third-order valence-corrected chi connectivity index (χ3v) is 8.05. The van der Waals surface area contributed by atoms with E-state index < -0.39 is 16.8 Å². The van der Waals surface area contributed by atoms with Gasteiger partial charge in [0.05, 0.1) is 13.7 Å². The molecule has 1 aliphatic heterocycles. The molecule has 2 unspecified atom stereocenters. The number of tetrazole rings is 1. The number of carbonyl (C=O) groups is 2. The van der Waals surface area contributed by atoms with E-state index in [1.807, 2.05) is 43.3 Å². The fraction of sp³-hybridized carbons (Fsp3) is 0.625. The summed E-state index contributed by atoms with van der Waals surface area (Å²) in [5.41, 5.74) is 0.400. The van der Waals surface area contributed by atoms with Crippen LogP contribution in [0.5, 0.6) is 5.75 Å². The van der Waals surface area contributed by atoms with E-state index in [0.717, 1.165) is 61.7 Å². The van der Waals surface area contributed by atoms with Gasteiger partial charge >= 0.3 is 5.97 Å². The lowest BCUT2D eigenvalue weighted by Crippen LogP contribution is -2.53. The number of ketones is 1. The number of methoxy groups -OCH3 is 1.